The van der Waals surface area contributed by atoms with Gasteiger partial charge in [-0.25, -0.2) is 0 Å². The summed E-state index contributed by atoms with van der Waals surface area (Å²) in [6.45, 7) is 8.75. The van der Waals surface area contributed by atoms with Crippen LogP contribution in [0.1, 0.15) is 168 Å². The fourth-order valence-electron chi connectivity index (χ4n) is 10.1. The fourth-order valence-corrected chi connectivity index (χ4v) is 10.1. The molecule has 7 nitrogen and oxygen atoms in total. The van der Waals surface area contributed by atoms with Crippen LogP contribution in [0.2, 0.25) is 0 Å². The van der Waals surface area contributed by atoms with E-state index in [0.29, 0.717) is 48.8 Å². The number of fused-ring (bicyclic) bond motifs is 2. The maximum absolute atomic E-state index is 14.6. The molecule has 1 N–H and O–H groups in total. The van der Waals surface area contributed by atoms with E-state index < -0.39 is 0 Å². The number of aromatic hydroxyl groups is 1. The Morgan fingerprint density at radius 2 is 0.860 bits per heavy atom. The summed E-state index contributed by atoms with van der Waals surface area (Å²) in [5.74, 6) is -0.0131. The minimum atomic E-state index is -0.371. The Hall–Kier alpha value is -4.52. The van der Waals surface area contributed by atoms with Crippen LogP contribution in [0, 0.1) is 0 Å². The summed E-state index contributed by atoms with van der Waals surface area (Å²) in [5.41, 5.74) is -0.271. The van der Waals surface area contributed by atoms with Crippen molar-refractivity contribution in [2.45, 2.75) is 168 Å². The van der Waals surface area contributed by atoms with E-state index in [4.69, 9.17) is 0 Å². The van der Waals surface area contributed by atoms with Gasteiger partial charge in [-0.15, -0.1) is 0 Å². The molecule has 302 valence electrons. The zero-order valence-corrected chi connectivity index (χ0v) is 34.8. The minimum Gasteiger partial charge on any atom is -0.494 e. The fraction of sp³-hybridized carbons (Fsp3) is 0.520. The monoisotopic (exact) mass is 770 g/mol. The topological polar surface area (TPSA) is 98.4 Å². The lowest BCUT2D eigenvalue weighted by atomic mass is 9.83. The molecule has 7 rings (SSSR count). The van der Waals surface area contributed by atoms with Gasteiger partial charge in [-0.05, 0) is 71.5 Å². The maximum Gasteiger partial charge on any atom is 0.261 e. The third-order valence-electron chi connectivity index (χ3n) is 13.1. The third kappa shape index (κ3) is 7.40. The Labute approximate surface area is 336 Å². The van der Waals surface area contributed by atoms with Crippen LogP contribution >= 0.6 is 0 Å². The van der Waals surface area contributed by atoms with Gasteiger partial charge < -0.3 is 5.11 Å². The normalized spacial score (nSPS) is 12.5. The van der Waals surface area contributed by atoms with Crippen LogP contribution < -0.4 is 22.1 Å². The molecule has 0 bridgehead atoms. The second-order valence-corrected chi connectivity index (χ2v) is 17.0. The van der Waals surface area contributed by atoms with Crippen molar-refractivity contribution in [1.82, 2.24) is 9.13 Å². The van der Waals surface area contributed by atoms with E-state index >= 15 is 0 Å². The first-order valence-electron chi connectivity index (χ1n) is 22.5. The summed E-state index contributed by atoms with van der Waals surface area (Å²) in [6.07, 6.45) is 20.5. The van der Waals surface area contributed by atoms with Gasteiger partial charge in [0.05, 0.1) is 5.56 Å². The van der Waals surface area contributed by atoms with E-state index in [1.165, 1.54) is 10.6 Å². The second-order valence-electron chi connectivity index (χ2n) is 17.0. The highest BCUT2D eigenvalue weighted by Crippen LogP contribution is 2.46. The van der Waals surface area contributed by atoms with E-state index in [1.807, 2.05) is 36.4 Å². The van der Waals surface area contributed by atoms with Crippen molar-refractivity contribution < 1.29 is 5.11 Å². The predicted molar refractivity (Wildman–Crippen MR) is 240 cm³/mol. The molecule has 0 saturated carbocycles. The van der Waals surface area contributed by atoms with Crippen molar-refractivity contribution in [3.63, 3.8) is 0 Å². The molecule has 0 unspecified atom stereocenters. The molecule has 5 aromatic rings. The summed E-state index contributed by atoms with van der Waals surface area (Å²) < 4.78 is 3.14. The molecule has 7 heteroatoms. The number of rotatable bonds is 22. The van der Waals surface area contributed by atoms with Crippen LogP contribution in [0.25, 0.3) is 65.0 Å². The highest BCUT2D eigenvalue weighted by Gasteiger charge is 2.30. The Bertz CT molecular complexity index is 2630. The van der Waals surface area contributed by atoms with Crippen molar-refractivity contribution >= 4 is 53.9 Å². The molecule has 0 radical (unpaired) electrons. The summed E-state index contributed by atoms with van der Waals surface area (Å²) >= 11 is 0. The molecule has 1 aliphatic heterocycles. The predicted octanol–water partition coefficient (Wildman–Crippen LogP) is 12.6. The molecule has 0 amide bonds. The summed E-state index contributed by atoms with van der Waals surface area (Å²) in [5, 5.41) is 18.4. The number of hydrogen-bond donors (Lipinski definition) is 1. The Kier molecular flexibility index (Phi) is 12.8. The van der Waals surface area contributed by atoms with Crippen molar-refractivity contribution in [2.24, 2.45) is 0 Å². The molecule has 1 aliphatic carbocycles. The van der Waals surface area contributed by atoms with Gasteiger partial charge in [-0.2, -0.15) is 0 Å². The average molecular weight is 771 g/mol. The standard InChI is InChI=1S/C50H62N2O5/c1-5-9-13-17-21-32(22-18-14-10-6-2)51-47(54)37-28-25-34-35-26-29-39-44-40(31-41(53)45(46(35)44)36-27-30-38(48(51)55)43(37)42(34)36)50(57)52(49(39)56)33(23-19-15-11-7-3)24-20-16-12-8-4/h25-33,54H,5-24H2,1-4H3. The molecule has 0 fully saturated rings. The molecular weight excluding hydrogens is 709 g/mol. The Morgan fingerprint density at radius 1 is 0.439 bits per heavy atom. The number of benzene rings is 5. The molecule has 2 aliphatic rings. The Morgan fingerprint density at radius 3 is 1.40 bits per heavy atom. The number of aromatic nitrogens is 2. The van der Waals surface area contributed by atoms with Gasteiger partial charge in [0, 0.05) is 50.0 Å². The molecule has 0 atom stereocenters. The van der Waals surface area contributed by atoms with Crippen molar-refractivity contribution in [3.8, 4) is 17.0 Å². The van der Waals surface area contributed by atoms with Crippen LogP contribution in [-0.4, -0.2) is 14.2 Å². The summed E-state index contributed by atoms with van der Waals surface area (Å²) in [7, 11) is 0. The second kappa shape index (κ2) is 18.0. The lowest BCUT2D eigenvalue weighted by Gasteiger charge is -2.25. The third-order valence-corrected chi connectivity index (χ3v) is 13.1. The van der Waals surface area contributed by atoms with Crippen molar-refractivity contribution in [3.05, 3.63) is 83.7 Å². The Balaban J connectivity index is 1.43. The summed E-state index contributed by atoms with van der Waals surface area (Å²) in [6, 6.07) is 12.5. The number of pyridine rings is 2. The molecular formula is C50H62N2O5. The molecule has 0 spiro atoms. The zero-order chi connectivity index (χ0) is 40.2. The van der Waals surface area contributed by atoms with Gasteiger partial charge >= 0.3 is 0 Å². The quantitative estimate of drug-likeness (QED) is 0.0420. The van der Waals surface area contributed by atoms with Gasteiger partial charge in [0.2, 0.25) is 5.88 Å². The minimum absolute atomic E-state index is 0.0131. The van der Waals surface area contributed by atoms with Crippen LogP contribution in [0.15, 0.2) is 61.6 Å². The maximum atomic E-state index is 14.6. The lowest BCUT2D eigenvalue weighted by Crippen LogP contribution is -2.38. The van der Waals surface area contributed by atoms with Crippen LogP contribution in [0.3, 0.4) is 0 Å². The average Bonchev–Trinajstić information content (AvgIpc) is 3.21. The van der Waals surface area contributed by atoms with Gasteiger partial charge in [0.1, 0.15) is 0 Å². The highest BCUT2D eigenvalue weighted by molar-refractivity contribution is 6.37. The van der Waals surface area contributed by atoms with Gasteiger partial charge in [0.25, 0.3) is 16.7 Å². The number of nitrogens with zero attached hydrogens (tertiary/aromatic N) is 2. The first-order valence-corrected chi connectivity index (χ1v) is 22.5. The van der Waals surface area contributed by atoms with E-state index in [9.17, 15) is 24.3 Å². The van der Waals surface area contributed by atoms with Gasteiger partial charge in [0.15, 0.2) is 5.43 Å². The van der Waals surface area contributed by atoms with E-state index in [1.54, 1.807) is 4.57 Å². The first-order chi connectivity index (χ1) is 27.8. The SMILES string of the molecule is CCCCCCC(CCCCCC)n1c(O)c2ccc3c4ccc5c6c4c(c(=O)cc-6c(=O)n(C(CCCCCC)CCCCCC)c5=O)c4ccc(c1=O)c2c34. The smallest absolute Gasteiger partial charge is 0.261 e. The van der Waals surface area contributed by atoms with Crippen LogP contribution in [-0.2, 0) is 0 Å². The van der Waals surface area contributed by atoms with Crippen molar-refractivity contribution in [1.29, 1.82) is 0 Å². The van der Waals surface area contributed by atoms with Gasteiger partial charge in [-0.3, -0.25) is 28.3 Å². The largest absolute Gasteiger partial charge is 0.494 e. The molecule has 0 saturated heterocycles. The number of hydrogen-bond acceptors (Lipinski definition) is 5. The van der Waals surface area contributed by atoms with E-state index in [-0.39, 0.29) is 40.1 Å². The summed E-state index contributed by atoms with van der Waals surface area (Å²) in [4.78, 5) is 58.1. The molecule has 1 aromatic heterocycles. The van der Waals surface area contributed by atoms with E-state index in [0.717, 1.165) is 145 Å². The molecule has 2 heterocycles. The van der Waals surface area contributed by atoms with Crippen LogP contribution in [0.4, 0.5) is 0 Å². The highest BCUT2D eigenvalue weighted by atomic mass is 16.3. The van der Waals surface area contributed by atoms with Crippen molar-refractivity contribution in [2.75, 3.05) is 0 Å². The van der Waals surface area contributed by atoms with E-state index in [2.05, 4.69) is 27.7 Å². The lowest BCUT2D eigenvalue weighted by molar-refractivity contribution is 0.334. The molecule has 57 heavy (non-hydrogen) atoms. The zero-order valence-electron chi connectivity index (χ0n) is 34.8. The van der Waals surface area contributed by atoms with Gasteiger partial charge in [-0.1, -0.05) is 149 Å². The molecule has 4 aromatic carbocycles. The first kappa shape index (κ1) is 40.7. The van der Waals surface area contributed by atoms with Crippen LogP contribution in [0.5, 0.6) is 5.88 Å². The number of unbranched alkanes of at least 4 members (excludes halogenated alkanes) is 12.